The third-order valence-electron chi connectivity index (χ3n) is 2.33. The maximum absolute atomic E-state index is 5.79. The minimum atomic E-state index is -1.39. The highest BCUT2D eigenvalue weighted by molar-refractivity contribution is 7.44. The number of morpholine rings is 2. The fraction of sp³-hybridized carbons (Fsp3) is 1.00. The zero-order valence-corrected chi connectivity index (χ0v) is 10.1. The maximum atomic E-state index is 5.79. The molecule has 0 spiro atoms. The molecule has 2 fully saturated rings. The molecule has 0 aliphatic carbocycles. The standard InChI is InChI=1S/C8H18N3O4P/c9-16(14-10-1-5-12-6-2-10)15-11-3-7-13-8-4-11/h1-9H2. The molecule has 94 valence electrons. The first kappa shape index (κ1) is 12.6. The van der Waals surface area contributed by atoms with E-state index in [1.165, 1.54) is 0 Å². The third-order valence-corrected chi connectivity index (χ3v) is 3.12. The molecule has 2 N–H and O–H groups in total. The summed E-state index contributed by atoms with van der Waals surface area (Å²) in [4.78, 5) is 0. The SMILES string of the molecule is NP(ON1CCOCC1)ON1CCOCC1. The summed E-state index contributed by atoms with van der Waals surface area (Å²) >= 11 is 0. The maximum Gasteiger partial charge on any atom is 0.289 e. The van der Waals surface area contributed by atoms with E-state index in [-0.39, 0.29) is 0 Å². The fourth-order valence-corrected chi connectivity index (χ4v) is 2.31. The third kappa shape index (κ3) is 4.20. The van der Waals surface area contributed by atoms with Gasteiger partial charge in [-0.25, -0.2) is 9.25 Å². The highest BCUT2D eigenvalue weighted by Crippen LogP contribution is 2.31. The number of hydrogen-bond donors (Lipinski definition) is 1. The van der Waals surface area contributed by atoms with Gasteiger partial charge in [0.15, 0.2) is 0 Å². The normalized spacial score (nSPS) is 25.1. The van der Waals surface area contributed by atoms with E-state index < -0.39 is 8.53 Å². The van der Waals surface area contributed by atoms with Crippen molar-refractivity contribution in [3.05, 3.63) is 0 Å². The lowest BCUT2D eigenvalue weighted by Gasteiger charge is -2.31. The summed E-state index contributed by atoms with van der Waals surface area (Å²) < 4.78 is 21.4. The van der Waals surface area contributed by atoms with Crippen molar-refractivity contribution < 1.29 is 18.7 Å². The number of nitrogens with two attached hydrogens (primary N) is 1. The van der Waals surface area contributed by atoms with Crippen LogP contribution in [0.3, 0.4) is 0 Å². The first-order valence-electron chi connectivity index (χ1n) is 5.41. The second-order valence-corrected chi connectivity index (χ2v) is 4.43. The Morgan fingerprint density at radius 1 is 0.812 bits per heavy atom. The first-order valence-corrected chi connectivity index (χ1v) is 6.65. The molecule has 2 heterocycles. The number of hydrogen-bond acceptors (Lipinski definition) is 7. The minimum absolute atomic E-state index is 0.681. The fourth-order valence-electron chi connectivity index (χ4n) is 1.50. The summed E-state index contributed by atoms with van der Waals surface area (Å²) in [6.45, 7) is 5.68. The van der Waals surface area contributed by atoms with Crippen LogP contribution in [0.2, 0.25) is 0 Å². The van der Waals surface area contributed by atoms with Crippen LogP contribution in [-0.4, -0.2) is 62.7 Å². The van der Waals surface area contributed by atoms with Crippen molar-refractivity contribution in [3.63, 3.8) is 0 Å². The van der Waals surface area contributed by atoms with Crippen molar-refractivity contribution in [2.24, 2.45) is 5.50 Å². The Morgan fingerprint density at radius 3 is 1.56 bits per heavy atom. The van der Waals surface area contributed by atoms with Gasteiger partial charge in [0.05, 0.1) is 26.4 Å². The van der Waals surface area contributed by atoms with Crippen molar-refractivity contribution >= 4 is 8.53 Å². The van der Waals surface area contributed by atoms with E-state index in [2.05, 4.69) is 0 Å². The molecular weight excluding hydrogens is 233 g/mol. The van der Waals surface area contributed by atoms with E-state index in [1.54, 1.807) is 10.1 Å². The Morgan fingerprint density at radius 2 is 1.19 bits per heavy atom. The van der Waals surface area contributed by atoms with Gasteiger partial charge in [-0.05, 0) is 0 Å². The summed E-state index contributed by atoms with van der Waals surface area (Å²) in [7, 11) is -1.39. The zero-order valence-electron chi connectivity index (χ0n) is 9.21. The Hall–Kier alpha value is 0.150. The van der Waals surface area contributed by atoms with Crippen LogP contribution in [0.15, 0.2) is 0 Å². The predicted molar refractivity (Wildman–Crippen MR) is 58.1 cm³/mol. The molecule has 7 nitrogen and oxygen atoms in total. The first-order chi connectivity index (χ1) is 7.84. The van der Waals surface area contributed by atoms with Gasteiger partial charge in [0.2, 0.25) is 0 Å². The van der Waals surface area contributed by atoms with Gasteiger partial charge in [-0.15, -0.1) is 0 Å². The van der Waals surface area contributed by atoms with Crippen LogP contribution in [-0.2, 0) is 18.7 Å². The lowest BCUT2D eigenvalue weighted by Crippen LogP contribution is -2.38. The second-order valence-electron chi connectivity index (χ2n) is 3.53. The Balaban J connectivity index is 1.64. The summed E-state index contributed by atoms with van der Waals surface area (Å²) in [5, 5.41) is 3.60. The van der Waals surface area contributed by atoms with E-state index in [9.17, 15) is 0 Å². The smallest absolute Gasteiger partial charge is 0.289 e. The average molecular weight is 251 g/mol. The number of ether oxygens (including phenoxy) is 2. The topological polar surface area (TPSA) is 69.4 Å². The predicted octanol–water partition coefficient (Wildman–Crippen LogP) is -0.300. The van der Waals surface area contributed by atoms with Crippen molar-refractivity contribution in [2.45, 2.75) is 0 Å². The molecule has 0 aromatic carbocycles. The number of rotatable bonds is 4. The average Bonchev–Trinajstić information content (AvgIpc) is 2.31. The van der Waals surface area contributed by atoms with Gasteiger partial charge >= 0.3 is 0 Å². The van der Waals surface area contributed by atoms with Gasteiger partial charge < -0.3 is 9.47 Å². The Labute approximate surface area is 96.2 Å². The van der Waals surface area contributed by atoms with Crippen molar-refractivity contribution in [3.8, 4) is 0 Å². The Bertz CT molecular complexity index is 180. The molecule has 16 heavy (non-hydrogen) atoms. The van der Waals surface area contributed by atoms with Crippen molar-refractivity contribution in [2.75, 3.05) is 52.6 Å². The monoisotopic (exact) mass is 251 g/mol. The molecule has 0 atom stereocenters. The van der Waals surface area contributed by atoms with E-state index in [4.69, 9.17) is 24.2 Å². The molecule has 2 aliphatic rings. The van der Waals surface area contributed by atoms with Gasteiger partial charge in [0.25, 0.3) is 8.53 Å². The molecule has 0 aromatic heterocycles. The zero-order chi connectivity index (χ0) is 11.2. The van der Waals surface area contributed by atoms with Crippen LogP contribution in [0.25, 0.3) is 0 Å². The largest absolute Gasteiger partial charge is 0.379 e. The quantitative estimate of drug-likeness (QED) is 0.688. The molecule has 0 amide bonds. The number of nitrogens with zero attached hydrogens (tertiary/aromatic N) is 2. The summed E-state index contributed by atoms with van der Waals surface area (Å²) in [5.41, 5.74) is 5.79. The van der Waals surface area contributed by atoms with Gasteiger partial charge in [-0.1, -0.05) is 0 Å². The molecule has 0 unspecified atom stereocenters. The highest BCUT2D eigenvalue weighted by Gasteiger charge is 2.20. The Kier molecular flexibility index (Phi) is 5.34. The van der Waals surface area contributed by atoms with E-state index >= 15 is 0 Å². The van der Waals surface area contributed by atoms with Crippen LogP contribution in [0, 0.1) is 0 Å². The second kappa shape index (κ2) is 6.78. The molecule has 2 rings (SSSR count). The van der Waals surface area contributed by atoms with Crippen LogP contribution in [0.1, 0.15) is 0 Å². The lowest BCUT2D eigenvalue weighted by atomic mass is 10.5. The molecule has 0 saturated carbocycles. The van der Waals surface area contributed by atoms with E-state index in [0.717, 1.165) is 26.2 Å². The van der Waals surface area contributed by atoms with Gasteiger partial charge in [0.1, 0.15) is 0 Å². The van der Waals surface area contributed by atoms with E-state index in [0.29, 0.717) is 26.4 Å². The van der Waals surface area contributed by atoms with Gasteiger partial charge in [0, 0.05) is 26.2 Å². The molecule has 0 radical (unpaired) electrons. The van der Waals surface area contributed by atoms with E-state index in [1.807, 2.05) is 0 Å². The molecule has 0 aromatic rings. The number of hydroxylamine groups is 4. The van der Waals surface area contributed by atoms with Crippen LogP contribution in [0.4, 0.5) is 0 Å². The molecular formula is C8H18N3O4P. The molecule has 2 aliphatic heterocycles. The molecule has 2 saturated heterocycles. The molecule has 8 heteroatoms. The van der Waals surface area contributed by atoms with Crippen molar-refractivity contribution in [1.29, 1.82) is 0 Å². The van der Waals surface area contributed by atoms with Crippen LogP contribution in [0.5, 0.6) is 0 Å². The van der Waals surface area contributed by atoms with Crippen molar-refractivity contribution in [1.82, 2.24) is 10.1 Å². The summed E-state index contributed by atoms with van der Waals surface area (Å²) in [6.07, 6.45) is 0. The summed E-state index contributed by atoms with van der Waals surface area (Å²) in [6, 6.07) is 0. The highest BCUT2D eigenvalue weighted by atomic mass is 31.2. The van der Waals surface area contributed by atoms with Gasteiger partial charge in [-0.2, -0.15) is 10.1 Å². The summed E-state index contributed by atoms with van der Waals surface area (Å²) in [5.74, 6) is 0. The van der Waals surface area contributed by atoms with Crippen LogP contribution < -0.4 is 5.50 Å². The molecule has 0 bridgehead atoms. The lowest BCUT2D eigenvalue weighted by molar-refractivity contribution is -0.156. The minimum Gasteiger partial charge on any atom is -0.379 e. The van der Waals surface area contributed by atoms with Crippen LogP contribution >= 0.6 is 8.53 Å². The van der Waals surface area contributed by atoms with Gasteiger partial charge in [-0.3, -0.25) is 5.50 Å².